The molecule has 1 rings (SSSR count). The van der Waals surface area contributed by atoms with Gasteiger partial charge in [0.2, 0.25) is 5.91 Å². The lowest BCUT2D eigenvalue weighted by atomic mass is 10.2. The largest absolute Gasteiger partial charge is 0.318 e. The number of halogens is 1. The number of nitro benzene ring substituents is 1. The van der Waals surface area contributed by atoms with Crippen molar-refractivity contribution < 1.29 is 18.9 Å². The summed E-state index contributed by atoms with van der Waals surface area (Å²) >= 11 is 0. The van der Waals surface area contributed by atoms with Crippen molar-refractivity contribution in [3.63, 3.8) is 0 Å². The van der Waals surface area contributed by atoms with Gasteiger partial charge in [0.15, 0.2) is 11.5 Å². The SMILES string of the molecule is CC(=O)CCC(=O)Nc1c(F)cccc1[N+](=O)[O-]. The number of anilines is 1. The third kappa shape index (κ3) is 3.62. The Labute approximate surface area is 102 Å². The third-order valence-electron chi connectivity index (χ3n) is 2.16. The lowest BCUT2D eigenvalue weighted by molar-refractivity contribution is -0.384. The first-order valence-corrected chi connectivity index (χ1v) is 5.14. The van der Waals surface area contributed by atoms with Gasteiger partial charge in [-0.3, -0.25) is 14.9 Å². The number of benzene rings is 1. The van der Waals surface area contributed by atoms with Gasteiger partial charge in [0.1, 0.15) is 5.78 Å². The van der Waals surface area contributed by atoms with E-state index in [9.17, 15) is 24.1 Å². The van der Waals surface area contributed by atoms with Crippen molar-refractivity contribution in [1.29, 1.82) is 0 Å². The van der Waals surface area contributed by atoms with Gasteiger partial charge in [-0.25, -0.2) is 4.39 Å². The van der Waals surface area contributed by atoms with Gasteiger partial charge >= 0.3 is 0 Å². The summed E-state index contributed by atoms with van der Waals surface area (Å²) in [6, 6.07) is 3.27. The van der Waals surface area contributed by atoms with Crippen molar-refractivity contribution in [2.75, 3.05) is 5.32 Å². The van der Waals surface area contributed by atoms with Gasteiger partial charge in [0.25, 0.3) is 5.69 Å². The Bertz CT molecular complexity index is 502. The Morgan fingerprint density at radius 2 is 2.06 bits per heavy atom. The van der Waals surface area contributed by atoms with Crippen molar-refractivity contribution in [3.05, 3.63) is 34.1 Å². The number of nitrogens with one attached hydrogen (secondary N) is 1. The molecule has 1 aromatic rings. The third-order valence-corrected chi connectivity index (χ3v) is 2.16. The van der Waals surface area contributed by atoms with Crippen molar-refractivity contribution in [2.45, 2.75) is 19.8 Å². The van der Waals surface area contributed by atoms with Crippen LogP contribution in [0, 0.1) is 15.9 Å². The number of nitro groups is 1. The van der Waals surface area contributed by atoms with Crippen LogP contribution in [0.5, 0.6) is 0 Å². The molecule has 0 heterocycles. The zero-order valence-corrected chi connectivity index (χ0v) is 9.60. The molecule has 1 aromatic carbocycles. The number of rotatable bonds is 5. The number of Topliss-reactive ketones (excluding diaryl/α,β-unsaturated/α-hetero) is 1. The first kappa shape index (κ1) is 13.8. The van der Waals surface area contributed by atoms with Gasteiger partial charge in [0, 0.05) is 18.9 Å². The predicted octanol–water partition coefficient (Wildman–Crippen LogP) is 2.04. The van der Waals surface area contributed by atoms with Gasteiger partial charge in [-0.2, -0.15) is 0 Å². The Hall–Kier alpha value is -2.31. The summed E-state index contributed by atoms with van der Waals surface area (Å²) in [5.74, 6) is -1.72. The van der Waals surface area contributed by atoms with Crippen molar-refractivity contribution in [1.82, 2.24) is 0 Å². The van der Waals surface area contributed by atoms with Gasteiger partial charge in [-0.15, -0.1) is 0 Å². The van der Waals surface area contributed by atoms with Crippen LogP contribution in [0.3, 0.4) is 0 Å². The molecule has 1 N–H and O–H groups in total. The molecule has 7 heteroatoms. The summed E-state index contributed by atoms with van der Waals surface area (Å²) in [5, 5.41) is 12.8. The second-order valence-corrected chi connectivity index (χ2v) is 3.64. The molecule has 0 saturated carbocycles. The van der Waals surface area contributed by atoms with E-state index in [1.807, 2.05) is 0 Å². The maximum Gasteiger partial charge on any atom is 0.295 e. The molecule has 1 amide bonds. The topological polar surface area (TPSA) is 89.3 Å². The van der Waals surface area contributed by atoms with Crippen molar-refractivity contribution in [3.8, 4) is 0 Å². The van der Waals surface area contributed by atoms with Gasteiger partial charge in [-0.05, 0) is 13.0 Å². The molecule has 0 unspecified atom stereocenters. The summed E-state index contributed by atoms with van der Waals surface area (Å²) in [7, 11) is 0. The first-order chi connectivity index (χ1) is 8.41. The summed E-state index contributed by atoms with van der Waals surface area (Å²) < 4.78 is 13.4. The molecule has 0 radical (unpaired) electrons. The highest BCUT2D eigenvalue weighted by atomic mass is 19.1. The fourth-order valence-electron chi connectivity index (χ4n) is 1.28. The maximum atomic E-state index is 13.4. The van der Waals surface area contributed by atoms with E-state index < -0.39 is 28.0 Å². The number of hydrogen-bond acceptors (Lipinski definition) is 4. The Morgan fingerprint density at radius 1 is 1.39 bits per heavy atom. The summed E-state index contributed by atoms with van der Waals surface area (Å²) in [4.78, 5) is 31.9. The molecule has 0 fully saturated rings. The molecular formula is C11H11FN2O4. The van der Waals surface area contributed by atoms with Crippen LogP contribution in [0.1, 0.15) is 19.8 Å². The van der Waals surface area contributed by atoms with Crippen molar-refractivity contribution in [2.24, 2.45) is 0 Å². The second-order valence-electron chi connectivity index (χ2n) is 3.64. The molecule has 96 valence electrons. The smallest absolute Gasteiger partial charge is 0.295 e. The molecule has 0 aromatic heterocycles. The van der Waals surface area contributed by atoms with E-state index in [1.54, 1.807) is 0 Å². The standard InChI is InChI=1S/C11H11FN2O4/c1-7(15)5-6-10(16)13-11-8(12)3-2-4-9(11)14(17)18/h2-4H,5-6H2,1H3,(H,13,16). The number of carbonyl (C=O) groups excluding carboxylic acids is 2. The monoisotopic (exact) mass is 254 g/mol. The molecule has 0 aliphatic rings. The molecule has 0 aliphatic heterocycles. The molecule has 18 heavy (non-hydrogen) atoms. The van der Waals surface area contributed by atoms with Crippen LogP contribution < -0.4 is 5.32 Å². The Morgan fingerprint density at radius 3 is 2.61 bits per heavy atom. The number of hydrogen-bond donors (Lipinski definition) is 1. The van der Waals surface area contributed by atoms with Crippen LogP contribution in [-0.4, -0.2) is 16.6 Å². The van der Waals surface area contributed by atoms with Crippen LogP contribution in [0.2, 0.25) is 0 Å². The minimum Gasteiger partial charge on any atom is -0.318 e. The lowest BCUT2D eigenvalue weighted by Crippen LogP contribution is -2.14. The minimum atomic E-state index is -0.889. The molecule has 0 spiro atoms. The molecule has 0 atom stereocenters. The van der Waals surface area contributed by atoms with E-state index in [1.165, 1.54) is 13.0 Å². The highest BCUT2D eigenvalue weighted by Gasteiger charge is 2.19. The highest BCUT2D eigenvalue weighted by Crippen LogP contribution is 2.27. The van der Waals surface area contributed by atoms with Crippen LogP contribution in [0.15, 0.2) is 18.2 Å². The van der Waals surface area contributed by atoms with E-state index in [2.05, 4.69) is 5.32 Å². The van der Waals surface area contributed by atoms with Crippen LogP contribution in [0.4, 0.5) is 15.8 Å². The fourth-order valence-corrected chi connectivity index (χ4v) is 1.28. The predicted molar refractivity (Wildman–Crippen MR) is 61.6 cm³/mol. The van der Waals surface area contributed by atoms with E-state index in [0.717, 1.165) is 12.1 Å². The fraction of sp³-hybridized carbons (Fsp3) is 0.273. The zero-order chi connectivity index (χ0) is 13.7. The normalized spacial score (nSPS) is 9.89. The van der Waals surface area contributed by atoms with E-state index in [0.29, 0.717) is 0 Å². The van der Waals surface area contributed by atoms with Gasteiger partial charge < -0.3 is 10.1 Å². The lowest BCUT2D eigenvalue weighted by Gasteiger charge is -2.06. The van der Waals surface area contributed by atoms with Crippen LogP contribution >= 0.6 is 0 Å². The molecule has 0 bridgehead atoms. The number of amides is 1. The molecule has 0 aliphatic carbocycles. The minimum absolute atomic E-state index is 0.00802. The number of carbonyl (C=O) groups is 2. The van der Waals surface area contributed by atoms with Gasteiger partial charge in [-0.1, -0.05) is 6.07 Å². The Balaban J connectivity index is 2.86. The van der Waals surface area contributed by atoms with E-state index in [4.69, 9.17) is 0 Å². The summed E-state index contributed by atoms with van der Waals surface area (Å²) in [6.45, 7) is 1.32. The second kappa shape index (κ2) is 5.85. The highest BCUT2D eigenvalue weighted by molar-refractivity contribution is 5.95. The molecule has 0 saturated heterocycles. The van der Waals surface area contributed by atoms with E-state index >= 15 is 0 Å². The molecule has 6 nitrogen and oxygen atoms in total. The summed E-state index contributed by atoms with van der Waals surface area (Å²) in [5.41, 5.74) is -0.998. The maximum absolute atomic E-state index is 13.4. The van der Waals surface area contributed by atoms with Gasteiger partial charge in [0.05, 0.1) is 4.92 Å². The van der Waals surface area contributed by atoms with Crippen molar-refractivity contribution >= 4 is 23.1 Å². The average molecular weight is 254 g/mol. The van der Waals surface area contributed by atoms with Crippen LogP contribution in [0.25, 0.3) is 0 Å². The quantitative estimate of drug-likeness (QED) is 0.643. The number of para-hydroxylation sites is 1. The zero-order valence-electron chi connectivity index (χ0n) is 9.60. The number of ketones is 1. The first-order valence-electron chi connectivity index (χ1n) is 5.14. The molecular weight excluding hydrogens is 243 g/mol. The average Bonchev–Trinajstić information content (AvgIpc) is 2.28. The Kier molecular flexibility index (Phi) is 4.47. The van der Waals surface area contributed by atoms with E-state index in [-0.39, 0.29) is 18.6 Å². The summed E-state index contributed by atoms with van der Waals surface area (Å²) in [6.07, 6.45) is -0.130. The van der Waals surface area contributed by atoms with Crippen LogP contribution in [-0.2, 0) is 9.59 Å². The number of nitrogens with zero attached hydrogens (tertiary/aromatic N) is 1.